The fraction of sp³-hybridized carbons (Fsp3) is 0. The Morgan fingerprint density at radius 3 is 1.55 bits per heavy atom. The minimum absolute atomic E-state index is 0.887. The largest absolute Gasteiger partial charge is 0.464 e. The lowest BCUT2D eigenvalue weighted by Crippen LogP contribution is -2.02. The molecule has 0 atom stereocenters. The molecule has 22 heavy (non-hydrogen) atoms. The van der Waals surface area contributed by atoms with Crippen LogP contribution in [-0.4, -0.2) is 0 Å². The molecule has 2 heterocycles. The van der Waals surface area contributed by atoms with Gasteiger partial charge in [0, 0.05) is 18.3 Å². The van der Waals surface area contributed by atoms with Crippen LogP contribution in [0.25, 0.3) is 11.1 Å². The van der Waals surface area contributed by atoms with E-state index in [1.165, 1.54) is 7.14 Å². The first-order valence-electron chi connectivity index (χ1n) is 6.73. The van der Waals surface area contributed by atoms with Crippen molar-refractivity contribution in [2.45, 2.75) is 0 Å². The first-order chi connectivity index (χ1) is 10.7. The van der Waals surface area contributed by atoms with Crippen molar-refractivity contribution in [3.05, 3.63) is 79.3 Å². The monoisotopic (exact) mass is 512 g/mol. The lowest BCUT2D eigenvalue weighted by molar-refractivity contribution is 0.473. The van der Waals surface area contributed by atoms with Crippen LogP contribution in [0.2, 0.25) is 0 Å². The molecule has 0 fully saturated rings. The lowest BCUT2D eigenvalue weighted by Gasteiger charge is -2.21. The maximum atomic E-state index is 5.64. The highest BCUT2D eigenvalue weighted by atomic mass is 127. The molecule has 0 aliphatic carbocycles. The smallest absolute Gasteiger partial charge is 0.134 e. The summed E-state index contributed by atoms with van der Waals surface area (Å²) in [5.74, 6) is 1.77. The molecule has 0 aromatic heterocycles. The van der Waals surface area contributed by atoms with E-state index in [1.807, 2.05) is 24.3 Å². The molecule has 0 saturated heterocycles. The Balaban J connectivity index is 2.00. The van der Waals surface area contributed by atoms with Gasteiger partial charge in [-0.1, -0.05) is 0 Å². The first-order valence-corrected chi connectivity index (χ1v) is 8.89. The van der Waals surface area contributed by atoms with Gasteiger partial charge in [-0.05, 0) is 105 Å². The molecule has 0 N–H and O–H groups in total. The normalized spacial score (nSPS) is 18.3. The number of hydrogen-bond donors (Lipinski definition) is 0. The van der Waals surface area contributed by atoms with Crippen LogP contribution >= 0.6 is 45.2 Å². The van der Waals surface area contributed by atoms with Crippen molar-refractivity contribution in [2.75, 3.05) is 0 Å². The van der Waals surface area contributed by atoms with Gasteiger partial charge in [-0.15, -0.1) is 0 Å². The van der Waals surface area contributed by atoms with E-state index in [0.29, 0.717) is 0 Å². The van der Waals surface area contributed by atoms with Crippen LogP contribution in [0.4, 0.5) is 0 Å². The van der Waals surface area contributed by atoms with Crippen LogP contribution in [0.1, 0.15) is 11.1 Å². The van der Waals surface area contributed by atoms with E-state index < -0.39 is 0 Å². The maximum Gasteiger partial charge on any atom is 0.134 e. The summed E-state index contributed by atoms with van der Waals surface area (Å²) in [5.41, 5.74) is 4.53. The predicted octanol–water partition coefficient (Wildman–Crippen LogP) is 5.62. The minimum Gasteiger partial charge on any atom is -0.464 e. The highest BCUT2D eigenvalue weighted by molar-refractivity contribution is 14.1. The quantitative estimate of drug-likeness (QED) is 0.427. The van der Waals surface area contributed by atoms with Gasteiger partial charge in [0.05, 0.1) is 12.5 Å². The molecule has 108 valence electrons. The number of ether oxygens (including phenoxy) is 2. The Morgan fingerprint density at radius 2 is 1.09 bits per heavy atom. The molecule has 0 amide bonds. The molecular weight excluding hydrogens is 502 g/mol. The summed E-state index contributed by atoms with van der Waals surface area (Å²) in [5, 5.41) is 0. The second-order valence-corrected chi connectivity index (χ2v) is 7.44. The zero-order chi connectivity index (χ0) is 15.1. The molecule has 0 spiro atoms. The van der Waals surface area contributed by atoms with Gasteiger partial charge in [-0.2, -0.15) is 0 Å². The zero-order valence-electron chi connectivity index (χ0n) is 11.3. The average Bonchev–Trinajstić information content (AvgIpc) is 2.54. The molecule has 2 aromatic rings. The van der Waals surface area contributed by atoms with Crippen molar-refractivity contribution >= 4 is 56.3 Å². The van der Waals surface area contributed by atoms with E-state index in [1.54, 1.807) is 12.5 Å². The zero-order valence-corrected chi connectivity index (χ0v) is 15.7. The molecule has 0 radical (unpaired) electrons. The van der Waals surface area contributed by atoms with Crippen LogP contribution < -0.4 is 9.47 Å². The second kappa shape index (κ2) is 5.73. The van der Waals surface area contributed by atoms with E-state index in [4.69, 9.17) is 9.47 Å². The van der Waals surface area contributed by atoms with E-state index in [-0.39, 0.29) is 0 Å². The Kier molecular flexibility index (Phi) is 3.73. The Labute approximate surface area is 155 Å². The molecule has 2 aliphatic rings. The summed E-state index contributed by atoms with van der Waals surface area (Å²) >= 11 is 4.65. The molecule has 2 nitrogen and oxygen atoms in total. The number of fused-ring (bicyclic) bond motifs is 2. The summed E-state index contributed by atoms with van der Waals surface area (Å²) in [4.78, 5) is 0. The van der Waals surface area contributed by atoms with Crippen LogP contribution in [0.15, 0.2) is 61.1 Å². The Bertz CT molecular complexity index is 792. The topological polar surface area (TPSA) is 18.5 Å². The SMILES string of the molecule is Ic1ccc2c(c1)C(=C1C=COc3ccc(I)cc31)C=CO2. The second-order valence-electron chi connectivity index (χ2n) is 4.95. The minimum atomic E-state index is 0.887. The highest BCUT2D eigenvalue weighted by Crippen LogP contribution is 2.41. The number of rotatable bonds is 0. The van der Waals surface area contributed by atoms with Gasteiger partial charge in [0.1, 0.15) is 11.5 Å². The van der Waals surface area contributed by atoms with Gasteiger partial charge in [-0.25, -0.2) is 0 Å². The fourth-order valence-corrected chi connectivity index (χ4v) is 3.61. The number of allylic oxidation sites excluding steroid dienone is 4. The number of halogens is 2. The van der Waals surface area contributed by atoms with Gasteiger partial charge in [0.2, 0.25) is 0 Å². The maximum absolute atomic E-state index is 5.64. The standard InChI is InChI=1S/C18H10I2O2/c19-11-1-3-17-15(9-11)13(5-7-21-17)14-6-8-22-18-4-2-12(20)10-16(14)18/h1-10H. The van der Waals surface area contributed by atoms with Crippen LogP contribution in [-0.2, 0) is 0 Å². The third-order valence-electron chi connectivity index (χ3n) is 3.61. The first kappa shape index (κ1) is 14.3. The molecule has 0 bridgehead atoms. The van der Waals surface area contributed by atoms with Crippen LogP contribution in [0.5, 0.6) is 11.5 Å². The summed E-state index contributed by atoms with van der Waals surface area (Å²) in [6.45, 7) is 0. The Morgan fingerprint density at radius 1 is 0.636 bits per heavy atom. The summed E-state index contributed by atoms with van der Waals surface area (Å²) in [7, 11) is 0. The van der Waals surface area contributed by atoms with Crippen molar-refractivity contribution in [2.24, 2.45) is 0 Å². The Hall–Kier alpha value is -1.28. The van der Waals surface area contributed by atoms with Crippen LogP contribution in [0, 0.1) is 7.14 Å². The van der Waals surface area contributed by atoms with Crippen molar-refractivity contribution in [1.29, 1.82) is 0 Å². The number of benzene rings is 2. The van der Waals surface area contributed by atoms with Crippen molar-refractivity contribution in [3.63, 3.8) is 0 Å². The molecule has 0 saturated carbocycles. The van der Waals surface area contributed by atoms with Gasteiger partial charge in [-0.3, -0.25) is 0 Å². The summed E-state index contributed by atoms with van der Waals surface area (Å²) in [6.07, 6.45) is 7.53. The van der Waals surface area contributed by atoms with Gasteiger partial charge in [0.25, 0.3) is 0 Å². The summed E-state index contributed by atoms with van der Waals surface area (Å²) in [6, 6.07) is 12.4. The van der Waals surface area contributed by atoms with Gasteiger partial charge in [0.15, 0.2) is 0 Å². The van der Waals surface area contributed by atoms with E-state index in [9.17, 15) is 0 Å². The van der Waals surface area contributed by atoms with Crippen molar-refractivity contribution < 1.29 is 9.47 Å². The molecular formula is C18H10I2O2. The fourth-order valence-electron chi connectivity index (χ4n) is 2.63. The third kappa shape index (κ3) is 2.48. The van der Waals surface area contributed by atoms with Gasteiger partial charge < -0.3 is 9.47 Å². The number of hydrogen-bond acceptors (Lipinski definition) is 2. The molecule has 0 unspecified atom stereocenters. The van der Waals surface area contributed by atoms with E-state index in [2.05, 4.69) is 69.4 Å². The lowest BCUT2D eigenvalue weighted by atomic mass is 9.92. The molecule has 4 heteroatoms. The average molecular weight is 512 g/mol. The molecule has 2 aliphatic heterocycles. The molecule has 2 aromatic carbocycles. The highest BCUT2D eigenvalue weighted by Gasteiger charge is 2.20. The molecule has 4 rings (SSSR count). The van der Waals surface area contributed by atoms with Crippen molar-refractivity contribution in [3.8, 4) is 11.5 Å². The summed E-state index contributed by atoms with van der Waals surface area (Å²) < 4.78 is 13.6. The van der Waals surface area contributed by atoms with Crippen molar-refractivity contribution in [1.82, 2.24) is 0 Å². The van der Waals surface area contributed by atoms with Crippen LogP contribution in [0.3, 0.4) is 0 Å². The third-order valence-corrected chi connectivity index (χ3v) is 4.96. The van der Waals surface area contributed by atoms with E-state index >= 15 is 0 Å². The predicted molar refractivity (Wildman–Crippen MR) is 105 cm³/mol. The van der Waals surface area contributed by atoms with E-state index in [0.717, 1.165) is 33.8 Å². The van der Waals surface area contributed by atoms with Gasteiger partial charge >= 0.3 is 0 Å².